The Balaban J connectivity index is 1.72. The Morgan fingerprint density at radius 1 is 0.654 bits per heavy atom. The maximum absolute atomic E-state index is 14.2. The Morgan fingerprint density at radius 3 is 1.62 bits per heavy atom. The largest absolute Gasteiger partial charge is 0.490 e. The fourth-order valence-corrected chi connectivity index (χ4v) is 6.30. The molecule has 3 aromatic rings. The van der Waals surface area contributed by atoms with Gasteiger partial charge >= 0.3 is 0 Å². The lowest BCUT2D eigenvalue weighted by atomic mass is 10.3. The summed E-state index contributed by atoms with van der Waals surface area (Å²) in [6.07, 6.45) is 5.10. The predicted octanol–water partition coefficient (Wildman–Crippen LogP) is 4.65. The molecule has 3 heteroatoms. The van der Waals surface area contributed by atoms with Crippen molar-refractivity contribution in [2.45, 2.75) is 31.8 Å². The Hall–Kier alpha value is -2.31. The molecule has 0 atom stereocenters. The van der Waals surface area contributed by atoms with Crippen LogP contribution < -0.4 is 20.7 Å². The summed E-state index contributed by atoms with van der Waals surface area (Å²) in [5.41, 5.74) is 0. The van der Waals surface area contributed by atoms with Crippen molar-refractivity contribution in [3.63, 3.8) is 0 Å². The van der Waals surface area contributed by atoms with Gasteiger partial charge in [0.05, 0.1) is 6.10 Å². The minimum Gasteiger partial charge on any atom is -0.490 e. The van der Waals surface area contributed by atoms with E-state index in [1.54, 1.807) is 0 Å². The first kappa shape index (κ1) is 17.1. The van der Waals surface area contributed by atoms with Crippen LogP contribution in [0.25, 0.3) is 0 Å². The van der Waals surface area contributed by atoms with Gasteiger partial charge in [-0.25, -0.2) is 0 Å². The first-order chi connectivity index (χ1) is 12.8. The molecule has 0 amide bonds. The number of hydrogen-bond acceptors (Lipinski definition) is 2. The third-order valence-corrected chi connectivity index (χ3v) is 8.12. The van der Waals surface area contributed by atoms with E-state index < -0.39 is 7.14 Å². The van der Waals surface area contributed by atoms with E-state index in [1.807, 2.05) is 84.9 Å². The molecule has 0 unspecified atom stereocenters. The van der Waals surface area contributed by atoms with E-state index in [2.05, 4.69) is 0 Å². The van der Waals surface area contributed by atoms with Gasteiger partial charge in [-0.05, 0) is 49.9 Å². The topological polar surface area (TPSA) is 26.3 Å². The third kappa shape index (κ3) is 3.34. The van der Waals surface area contributed by atoms with E-state index in [0.717, 1.165) is 34.5 Å². The lowest BCUT2D eigenvalue weighted by Gasteiger charge is -2.20. The summed E-state index contributed by atoms with van der Waals surface area (Å²) in [6.45, 7) is 0. The van der Waals surface area contributed by atoms with Gasteiger partial charge in [0.25, 0.3) is 0 Å². The van der Waals surface area contributed by atoms with E-state index >= 15 is 0 Å². The normalized spacial score (nSPS) is 15.1. The third-order valence-electron chi connectivity index (χ3n) is 5.04. The van der Waals surface area contributed by atoms with Crippen LogP contribution in [-0.2, 0) is 4.57 Å². The molecular formula is C23H23O2P. The van der Waals surface area contributed by atoms with Crippen LogP contribution >= 0.6 is 7.14 Å². The molecule has 0 N–H and O–H groups in total. The highest BCUT2D eigenvalue weighted by Crippen LogP contribution is 2.42. The highest BCUT2D eigenvalue weighted by molar-refractivity contribution is 7.85. The molecule has 0 spiro atoms. The van der Waals surface area contributed by atoms with Crippen molar-refractivity contribution in [1.29, 1.82) is 0 Å². The van der Waals surface area contributed by atoms with Crippen LogP contribution in [-0.4, -0.2) is 6.10 Å². The molecule has 1 saturated carbocycles. The number of rotatable bonds is 5. The summed E-state index contributed by atoms with van der Waals surface area (Å²) < 4.78 is 20.3. The molecule has 0 aliphatic heterocycles. The monoisotopic (exact) mass is 362 g/mol. The van der Waals surface area contributed by atoms with E-state index in [-0.39, 0.29) is 0 Å². The Kier molecular flexibility index (Phi) is 4.95. The maximum atomic E-state index is 14.2. The average molecular weight is 362 g/mol. The van der Waals surface area contributed by atoms with E-state index in [9.17, 15) is 4.57 Å². The second-order valence-electron chi connectivity index (χ2n) is 6.80. The Morgan fingerprint density at radius 2 is 1.12 bits per heavy atom. The summed E-state index contributed by atoms with van der Waals surface area (Å²) in [7, 11) is -2.89. The number of ether oxygens (including phenoxy) is 1. The summed E-state index contributed by atoms with van der Waals surface area (Å²) in [6, 6.07) is 27.4. The van der Waals surface area contributed by atoms with Crippen LogP contribution in [0, 0.1) is 0 Å². The minimum absolute atomic E-state index is 0.330. The first-order valence-corrected chi connectivity index (χ1v) is 11.0. The van der Waals surface area contributed by atoms with E-state index in [4.69, 9.17) is 4.74 Å². The van der Waals surface area contributed by atoms with Gasteiger partial charge in [0.1, 0.15) is 5.75 Å². The van der Waals surface area contributed by atoms with Gasteiger partial charge in [-0.2, -0.15) is 0 Å². The summed E-state index contributed by atoms with van der Waals surface area (Å²) in [4.78, 5) is 0. The molecule has 0 saturated heterocycles. The van der Waals surface area contributed by atoms with Crippen molar-refractivity contribution in [1.82, 2.24) is 0 Å². The van der Waals surface area contributed by atoms with Gasteiger partial charge < -0.3 is 9.30 Å². The molecule has 0 bridgehead atoms. The van der Waals surface area contributed by atoms with Crippen molar-refractivity contribution in [2.24, 2.45) is 0 Å². The number of benzene rings is 3. The maximum Gasteiger partial charge on any atom is 0.171 e. The zero-order valence-corrected chi connectivity index (χ0v) is 15.6. The zero-order chi connectivity index (χ0) is 17.8. The van der Waals surface area contributed by atoms with Crippen molar-refractivity contribution in [3.05, 3.63) is 84.9 Å². The predicted molar refractivity (Wildman–Crippen MR) is 109 cm³/mol. The Labute approximate surface area is 155 Å². The fourth-order valence-electron chi connectivity index (χ4n) is 3.66. The Bertz CT molecular complexity index is 839. The lowest BCUT2D eigenvalue weighted by Crippen LogP contribution is -2.25. The van der Waals surface area contributed by atoms with Crippen LogP contribution in [0.4, 0.5) is 0 Å². The quantitative estimate of drug-likeness (QED) is 0.618. The van der Waals surface area contributed by atoms with Crippen LogP contribution in [0.5, 0.6) is 5.75 Å². The standard InChI is InChI=1S/C23H23O2P/c24-26(21-11-3-1-4-12-21,22-13-5-2-6-14-22)23-17-15-20(16-18-23)25-19-9-7-8-10-19/h1-6,11-19H,7-10H2. The number of hydrogen-bond donors (Lipinski definition) is 0. The van der Waals surface area contributed by atoms with Crippen molar-refractivity contribution < 1.29 is 9.30 Å². The molecular weight excluding hydrogens is 339 g/mol. The summed E-state index contributed by atoms with van der Waals surface area (Å²) >= 11 is 0. The van der Waals surface area contributed by atoms with Crippen molar-refractivity contribution >= 4 is 23.1 Å². The van der Waals surface area contributed by atoms with Crippen LogP contribution in [0.1, 0.15) is 25.7 Å². The van der Waals surface area contributed by atoms with Gasteiger partial charge in [-0.15, -0.1) is 0 Å². The molecule has 3 aromatic carbocycles. The molecule has 0 aromatic heterocycles. The van der Waals surface area contributed by atoms with Crippen LogP contribution in [0.3, 0.4) is 0 Å². The summed E-state index contributed by atoms with van der Waals surface area (Å²) in [5.74, 6) is 0.869. The highest BCUT2D eigenvalue weighted by Gasteiger charge is 2.29. The average Bonchev–Trinajstić information content (AvgIpc) is 3.22. The van der Waals surface area contributed by atoms with E-state index in [1.165, 1.54) is 12.8 Å². The second kappa shape index (κ2) is 7.51. The van der Waals surface area contributed by atoms with Gasteiger partial charge in [0.2, 0.25) is 0 Å². The smallest absolute Gasteiger partial charge is 0.171 e. The van der Waals surface area contributed by atoms with Crippen molar-refractivity contribution in [2.75, 3.05) is 0 Å². The molecule has 26 heavy (non-hydrogen) atoms. The minimum atomic E-state index is -2.89. The fraction of sp³-hybridized carbons (Fsp3) is 0.217. The van der Waals surface area contributed by atoms with Gasteiger partial charge in [0, 0.05) is 15.9 Å². The van der Waals surface area contributed by atoms with Crippen LogP contribution in [0.15, 0.2) is 84.9 Å². The zero-order valence-electron chi connectivity index (χ0n) is 14.8. The lowest BCUT2D eigenvalue weighted by molar-refractivity contribution is 0.210. The summed E-state index contributed by atoms with van der Waals surface area (Å²) in [5, 5.41) is 2.56. The molecule has 1 aliphatic carbocycles. The van der Waals surface area contributed by atoms with Gasteiger partial charge in [0.15, 0.2) is 7.14 Å². The van der Waals surface area contributed by atoms with E-state index in [0.29, 0.717) is 6.10 Å². The first-order valence-electron chi connectivity index (χ1n) is 9.25. The molecule has 132 valence electrons. The second-order valence-corrected chi connectivity index (χ2v) is 9.57. The molecule has 0 heterocycles. The van der Waals surface area contributed by atoms with Crippen molar-refractivity contribution in [3.8, 4) is 5.75 Å². The molecule has 2 nitrogen and oxygen atoms in total. The highest BCUT2D eigenvalue weighted by atomic mass is 31.2. The molecule has 1 aliphatic rings. The SMILES string of the molecule is O=P(c1ccccc1)(c1ccccc1)c1ccc(OC2CCCC2)cc1. The molecule has 4 rings (SSSR count). The van der Waals surface area contributed by atoms with Crippen LogP contribution in [0.2, 0.25) is 0 Å². The molecule has 1 fully saturated rings. The molecule has 0 radical (unpaired) electrons. The van der Waals surface area contributed by atoms with Gasteiger partial charge in [-0.3, -0.25) is 0 Å². The van der Waals surface area contributed by atoms with Gasteiger partial charge in [-0.1, -0.05) is 60.7 Å².